The predicted molar refractivity (Wildman–Crippen MR) is 43.3 cm³/mol. The Hall–Kier alpha value is -0.810. The van der Waals surface area contributed by atoms with Crippen molar-refractivity contribution in [3.05, 3.63) is 0 Å². The Morgan fingerprint density at radius 2 is 2.58 bits per heavy atom. The lowest BCUT2D eigenvalue weighted by Crippen LogP contribution is -2.40. The molecule has 0 aromatic carbocycles. The minimum Gasteiger partial charge on any atom is -0.465 e. The minimum absolute atomic E-state index is 0.158. The zero-order valence-electron chi connectivity index (χ0n) is 6.88. The van der Waals surface area contributed by atoms with Gasteiger partial charge in [-0.2, -0.15) is 0 Å². The van der Waals surface area contributed by atoms with E-state index in [0.717, 1.165) is 26.1 Å². The number of ether oxygens (including phenoxy) is 1. The first-order valence-corrected chi connectivity index (χ1v) is 4.08. The first kappa shape index (κ1) is 9.28. The van der Waals surface area contributed by atoms with Gasteiger partial charge in [-0.15, -0.1) is 0 Å². The molecule has 0 bridgehead atoms. The quantitative estimate of drug-likeness (QED) is 0.546. The highest BCUT2D eigenvalue weighted by Crippen LogP contribution is 1.99. The van der Waals surface area contributed by atoms with Gasteiger partial charge < -0.3 is 20.5 Å². The third-order valence-corrected chi connectivity index (χ3v) is 1.75. The Morgan fingerprint density at radius 1 is 1.75 bits per heavy atom. The van der Waals surface area contributed by atoms with Crippen LogP contribution >= 0.6 is 0 Å². The molecule has 0 saturated carbocycles. The second-order valence-corrected chi connectivity index (χ2v) is 2.72. The van der Waals surface area contributed by atoms with Crippen LogP contribution in [-0.4, -0.2) is 43.5 Å². The van der Waals surface area contributed by atoms with E-state index in [1.165, 1.54) is 0 Å². The first-order valence-electron chi connectivity index (χ1n) is 4.08. The fourth-order valence-corrected chi connectivity index (χ4v) is 1.15. The third kappa shape index (κ3) is 3.54. The van der Waals surface area contributed by atoms with E-state index < -0.39 is 6.09 Å². The van der Waals surface area contributed by atoms with Crippen LogP contribution in [0.25, 0.3) is 0 Å². The molecule has 12 heavy (non-hydrogen) atoms. The Labute approximate surface area is 71.1 Å². The van der Waals surface area contributed by atoms with Gasteiger partial charge in [0.2, 0.25) is 0 Å². The predicted octanol–water partition coefficient (Wildman–Crippen LogP) is -0.367. The van der Waals surface area contributed by atoms with Gasteiger partial charge in [0, 0.05) is 19.6 Å². The van der Waals surface area contributed by atoms with Crippen molar-refractivity contribution in [2.75, 3.05) is 26.2 Å². The molecule has 1 amide bonds. The van der Waals surface area contributed by atoms with Crippen molar-refractivity contribution < 1.29 is 14.6 Å². The fourth-order valence-electron chi connectivity index (χ4n) is 1.15. The molecule has 1 saturated heterocycles. The number of rotatable bonds is 3. The summed E-state index contributed by atoms with van der Waals surface area (Å²) in [5, 5.41) is 13.7. The molecule has 1 heterocycles. The van der Waals surface area contributed by atoms with Crippen LogP contribution < -0.4 is 10.6 Å². The van der Waals surface area contributed by atoms with Crippen LogP contribution in [0, 0.1) is 0 Å². The molecular weight excluding hydrogens is 160 g/mol. The van der Waals surface area contributed by atoms with Crippen molar-refractivity contribution in [2.24, 2.45) is 0 Å². The van der Waals surface area contributed by atoms with Gasteiger partial charge in [0.25, 0.3) is 0 Å². The van der Waals surface area contributed by atoms with Crippen LogP contribution in [0.3, 0.4) is 0 Å². The maximum atomic E-state index is 10.1. The molecule has 0 aromatic heterocycles. The maximum Gasteiger partial charge on any atom is 0.404 e. The van der Waals surface area contributed by atoms with Crippen molar-refractivity contribution in [2.45, 2.75) is 12.5 Å². The lowest BCUT2D eigenvalue weighted by atomic mass is 10.2. The largest absolute Gasteiger partial charge is 0.465 e. The highest BCUT2D eigenvalue weighted by atomic mass is 16.5. The number of hydrogen-bond acceptors (Lipinski definition) is 3. The second-order valence-electron chi connectivity index (χ2n) is 2.72. The van der Waals surface area contributed by atoms with E-state index in [0.29, 0.717) is 6.54 Å². The average Bonchev–Trinajstić information content (AvgIpc) is 2.05. The highest BCUT2D eigenvalue weighted by molar-refractivity contribution is 5.64. The molecule has 1 unspecified atom stereocenters. The molecule has 0 spiro atoms. The second kappa shape index (κ2) is 4.95. The summed E-state index contributed by atoms with van der Waals surface area (Å²) in [6, 6.07) is 0. The molecule has 0 aliphatic carbocycles. The minimum atomic E-state index is -0.973. The molecule has 70 valence electrons. The molecule has 0 radical (unpaired) electrons. The van der Waals surface area contributed by atoms with Crippen molar-refractivity contribution >= 4 is 6.09 Å². The molecule has 1 aliphatic rings. The summed E-state index contributed by atoms with van der Waals surface area (Å²) < 4.78 is 5.36. The van der Waals surface area contributed by atoms with Crippen LogP contribution in [-0.2, 0) is 4.74 Å². The Kier molecular flexibility index (Phi) is 3.83. The van der Waals surface area contributed by atoms with E-state index in [-0.39, 0.29) is 6.10 Å². The van der Waals surface area contributed by atoms with Crippen LogP contribution in [0.5, 0.6) is 0 Å². The molecule has 3 N–H and O–H groups in total. The fraction of sp³-hybridized carbons (Fsp3) is 0.857. The van der Waals surface area contributed by atoms with Crippen LogP contribution in [0.15, 0.2) is 0 Å². The molecule has 1 rings (SSSR count). The lowest BCUT2D eigenvalue weighted by Gasteiger charge is -2.23. The Balaban J connectivity index is 2.01. The normalized spacial score (nSPS) is 23.5. The van der Waals surface area contributed by atoms with Crippen molar-refractivity contribution in [3.63, 3.8) is 0 Å². The zero-order valence-corrected chi connectivity index (χ0v) is 6.88. The van der Waals surface area contributed by atoms with E-state index in [2.05, 4.69) is 10.6 Å². The van der Waals surface area contributed by atoms with Crippen LogP contribution in [0.4, 0.5) is 4.79 Å². The van der Waals surface area contributed by atoms with E-state index in [9.17, 15) is 4.79 Å². The molecule has 1 fully saturated rings. The van der Waals surface area contributed by atoms with Gasteiger partial charge >= 0.3 is 6.09 Å². The monoisotopic (exact) mass is 174 g/mol. The van der Waals surface area contributed by atoms with Crippen molar-refractivity contribution in [1.29, 1.82) is 0 Å². The zero-order chi connectivity index (χ0) is 8.81. The van der Waals surface area contributed by atoms with Gasteiger partial charge in [-0.05, 0) is 6.42 Å². The summed E-state index contributed by atoms with van der Waals surface area (Å²) >= 11 is 0. The molecule has 5 heteroatoms. The molecule has 1 atom stereocenters. The summed E-state index contributed by atoms with van der Waals surface area (Å²) in [6.07, 6.45) is -0.0800. The van der Waals surface area contributed by atoms with Gasteiger partial charge in [0.15, 0.2) is 0 Å². The van der Waals surface area contributed by atoms with Gasteiger partial charge in [-0.3, -0.25) is 0 Å². The number of carboxylic acid groups (broad SMARTS) is 1. The van der Waals surface area contributed by atoms with E-state index in [1.807, 2.05) is 0 Å². The van der Waals surface area contributed by atoms with Gasteiger partial charge in [0.05, 0.1) is 12.7 Å². The number of nitrogens with one attached hydrogen (secondary N) is 2. The Bertz CT molecular complexity index is 146. The Morgan fingerprint density at radius 3 is 3.17 bits per heavy atom. The summed E-state index contributed by atoms with van der Waals surface area (Å²) in [6.45, 7) is 2.89. The summed E-state index contributed by atoms with van der Waals surface area (Å²) in [5.74, 6) is 0. The number of hydrogen-bond donors (Lipinski definition) is 3. The van der Waals surface area contributed by atoms with Crippen LogP contribution in [0.1, 0.15) is 6.42 Å². The van der Waals surface area contributed by atoms with E-state index >= 15 is 0 Å². The summed E-state index contributed by atoms with van der Waals surface area (Å²) in [4.78, 5) is 10.1. The summed E-state index contributed by atoms with van der Waals surface area (Å²) in [7, 11) is 0. The van der Waals surface area contributed by atoms with Crippen molar-refractivity contribution in [3.8, 4) is 0 Å². The highest BCUT2D eigenvalue weighted by Gasteiger charge is 2.12. The SMILES string of the molecule is O=C(O)NCCC1CNCCO1. The number of morpholine rings is 1. The number of carbonyl (C=O) groups is 1. The molecule has 1 aliphatic heterocycles. The van der Waals surface area contributed by atoms with Gasteiger partial charge in [-0.25, -0.2) is 4.79 Å². The first-order chi connectivity index (χ1) is 5.79. The lowest BCUT2D eigenvalue weighted by molar-refractivity contribution is 0.0240. The molecule has 5 nitrogen and oxygen atoms in total. The number of amides is 1. The third-order valence-electron chi connectivity index (χ3n) is 1.75. The van der Waals surface area contributed by atoms with E-state index in [4.69, 9.17) is 9.84 Å². The topological polar surface area (TPSA) is 70.6 Å². The maximum absolute atomic E-state index is 10.1. The standard InChI is InChI=1S/C7H14N2O3/c10-7(11)9-2-1-6-5-8-3-4-12-6/h6,8-9H,1-5H2,(H,10,11). The van der Waals surface area contributed by atoms with E-state index in [1.54, 1.807) is 0 Å². The molecular formula is C7H14N2O3. The molecule has 0 aromatic rings. The van der Waals surface area contributed by atoms with Crippen LogP contribution in [0.2, 0.25) is 0 Å². The van der Waals surface area contributed by atoms with Crippen molar-refractivity contribution in [1.82, 2.24) is 10.6 Å². The van der Waals surface area contributed by atoms with Gasteiger partial charge in [-0.1, -0.05) is 0 Å². The average molecular weight is 174 g/mol. The smallest absolute Gasteiger partial charge is 0.404 e. The summed E-state index contributed by atoms with van der Waals surface area (Å²) in [5.41, 5.74) is 0. The van der Waals surface area contributed by atoms with Gasteiger partial charge in [0.1, 0.15) is 0 Å².